The van der Waals surface area contributed by atoms with Crippen molar-refractivity contribution in [1.29, 1.82) is 10.7 Å². The number of halogens is 2. The molecule has 2 aromatic heterocycles. The van der Waals surface area contributed by atoms with E-state index in [9.17, 15) is 25.1 Å². The molecule has 0 aliphatic rings. The minimum absolute atomic E-state index is 0.0521. The van der Waals surface area contributed by atoms with Crippen LogP contribution in [0.1, 0.15) is 80.6 Å². The number of nitrogens with zero attached hydrogens (tertiary/aromatic N) is 3. The number of carboxylic acids is 2. The van der Waals surface area contributed by atoms with Crippen molar-refractivity contribution in [1.82, 2.24) is 20.6 Å². The van der Waals surface area contributed by atoms with E-state index in [1.807, 2.05) is 111 Å². The molecule has 0 bridgehead atoms. The number of ether oxygens (including phenoxy) is 6. The fourth-order valence-electron chi connectivity index (χ4n) is 9.25. The SMILES string of the molecule is Cc1c(COc2cc(OCc3cncc(C#N)c3)c(CN[C@@H](C(=O)O)[C@H](C)OCc3ccccc3)cc2Cl)cccc1-c1cccc(COc2cc(OCc3cncc(C=N)c3)c(CN[C@@H](C(=O)O)[C@H](C)OCc3ccccc3)cc2Cl)c1C. The summed E-state index contributed by atoms with van der Waals surface area (Å²) in [5, 5.41) is 44.5. The van der Waals surface area contributed by atoms with Crippen molar-refractivity contribution >= 4 is 41.4 Å². The summed E-state index contributed by atoms with van der Waals surface area (Å²) in [5.41, 5.74) is 11.0. The molecular weight excluding hydrogens is 1110 g/mol. The van der Waals surface area contributed by atoms with Crippen LogP contribution in [0.3, 0.4) is 0 Å². The Morgan fingerprint density at radius 3 is 1.43 bits per heavy atom. The second-order valence-corrected chi connectivity index (χ2v) is 20.8. The minimum atomic E-state index is -1.09. The third kappa shape index (κ3) is 16.8. The van der Waals surface area contributed by atoms with Crippen LogP contribution in [0.15, 0.2) is 158 Å². The van der Waals surface area contributed by atoms with E-state index in [1.54, 1.807) is 68.8 Å². The average Bonchev–Trinajstić information content (AvgIpc) is 3.70. The number of pyridine rings is 2. The number of nitriles is 1. The van der Waals surface area contributed by atoms with Gasteiger partial charge >= 0.3 is 11.9 Å². The second kappa shape index (κ2) is 30.1. The molecule has 0 fully saturated rings. The van der Waals surface area contributed by atoms with Crippen molar-refractivity contribution in [2.45, 2.75) is 105 Å². The quantitative estimate of drug-likeness (QED) is 0.0264. The van der Waals surface area contributed by atoms with Crippen LogP contribution in [-0.2, 0) is 71.8 Å². The molecule has 0 saturated heterocycles. The molecule has 8 aromatic rings. The van der Waals surface area contributed by atoms with Gasteiger partial charge in [-0.15, -0.1) is 0 Å². The summed E-state index contributed by atoms with van der Waals surface area (Å²) in [5.74, 6) is -0.693. The van der Waals surface area contributed by atoms with E-state index in [4.69, 9.17) is 57.0 Å². The van der Waals surface area contributed by atoms with Crippen LogP contribution in [0, 0.1) is 30.6 Å². The second-order valence-electron chi connectivity index (χ2n) is 20.0. The van der Waals surface area contributed by atoms with Gasteiger partial charge in [-0.05, 0) is 96.5 Å². The molecule has 4 atom stereocenters. The van der Waals surface area contributed by atoms with Gasteiger partial charge in [-0.3, -0.25) is 30.2 Å². The highest BCUT2D eigenvalue weighted by atomic mass is 35.5. The van der Waals surface area contributed by atoms with Gasteiger partial charge in [-0.1, -0.05) is 120 Å². The molecule has 8 rings (SSSR count). The summed E-state index contributed by atoms with van der Waals surface area (Å²) in [6.45, 7) is 8.52. The summed E-state index contributed by atoms with van der Waals surface area (Å²) < 4.78 is 37.6. The lowest BCUT2D eigenvalue weighted by Gasteiger charge is -2.23. The van der Waals surface area contributed by atoms with Crippen LogP contribution in [0.4, 0.5) is 0 Å². The Bertz CT molecular complexity index is 3610. The van der Waals surface area contributed by atoms with E-state index >= 15 is 0 Å². The van der Waals surface area contributed by atoms with Crippen molar-refractivity contribution < 1.29 is 48.2 Å². The number of benzene rings is 6. The van der Waals surface area contributed by atoms with Crippen molar-refractivity contribution in [3.63, 3.8) is 0 Å². The predicted octanol–water partition coefficient (Wildman–Crippen LogP) is 12.5. The fraction of sp³-hybridized carbons (Fsp3) is 0.242. The van der Waals surface area contributed by atoms with Crippen LogP contribution in [0.25, 0.3) is 11.1 Å². The molecule has 5 N–H and O–H groups in total. The van der Waals surface area contributed by atoms with Crippen LogP contribution in [-0.4, -0.2) is 62.6 Å². The van der Waals surface area contributed by atoms with Gasteiger partial charge in [0.25, 0.3) is 0 Å². The highest BCUT2D eigenvalue weighted by Gasteiger charge is 2.28. The standard InChI is InChI=1S/C66H64Cl2N6O10/c1-41-51(39-83-61-25-59(81-37-49-21-47(27-69)29-71-31-49)53(23-57(61)67)33-73-63(65(75)76)43(3)79-35-45-13-7-5-8-14-45)17-11-19-55(41)56-20-12-18-52(42(56)2)40-84-62-26-60(82-38-50-22-48(28-70)30-72-32-50)54(24-58(62)68)34-74-64(66(77)78)44(4)80-36-46-15-9-6-10-16-46/h5-27,29-32,43-44,63-64,69,73-74H,33-40H2,1-4H3,(H,75,76)(H,77,78)/t43-,44-,63+,64+/m0/s1. The Morgan fingerprint density at radius 1 is 0.548 bits per heavy atom. The molecule has 0 aliphatic carbocycles. The lowest BCUT2D eigenvalue weighted by atomic mass is 9.92. The molecule has 18 heteroatoms. The van der Waals surface area contributed by atoms with E-state index in [-0.39, 0.29) is 57.8 Å². The van der Waals surface area contributed by atoms with Gasteiger partial charge in [0.05, 0.1) is 41.0 Å². The average molecular weight is 1170 g/mol. The molecule has 0 spiro atoms. The number of hydrogen-bond acceptors (Lipinski definition) is 14. The number of carbonyl (C=O) groups is 2. The number of aromatic nitrogens is 2. The largest absolute Gasteiger partial charge is 0.488 e. The first-order valence-electron chi connectivity index (χ1n) is 27.0. The number of rotatable bonds is 30. The van der Waals surface area contributed by atoms with Crippen molar-refractivity contribution in [3.05, 3.63) is 235 Å². The van der Waals surface area contributed by atoms with Crippen molar-refractivity contribution in [3.8, 4) is 40.2 Å². The summed E-state index contributed by atoms with van der Waals surface area (Å²) in [4.78, 5) is 33.5. The normalized spacial score (nSPS) is 12.5. The molecule has 6 aromatic carbocycles. The first-order valence-corrected chi connectivity index (χ1v) is 27.8. The Kier molecular flexibility index (Phi) is 22.0. The zero-order valence-electron chi connectivity index (χ0n) is 46.8. The maximum absolute atomic E-state index is 12.5. The maximum atomic E-state index is 12.5. The van der Waals surface area contributed by atoms with Gasteiger partial charge in [-0.25, -0.2) is 0 Å². The smallest absolute Gasteiger partial charge is 0.323 e. The molecule has 2 heterocycles. The first kappa shape index (κ1) is 61.4. The first-order chi connectivity index (χ1) is 40.7. The monoisotopic (exact) mass is 1170 g/mol. The van der Waals surface area contributed by atoms with Gasteiger partial charge < -0.3 is 44.0 Å². The number of nitrogens with one attached hydrogen (secondary N) is 3. The summed E-state index contributed by atoms with van der Waals surface area (Å²) >= 11 is 13.9. The third-order valence-corrected chi connectivity index (χ3v) is 14.7. The van der Waals surface area contributed by atoms with Gasteiger partial charge in [0.2, 0.25) is 0 Å². The lowest BCUT2D eigenvalue weighted by Crippen LogP contribution is -2.45. The van der Waals surface area contributed by atoms with E-state index in [1.165, 1.54) is 12.4 Å². The fourth-order valence-corrected chi connectivity index (χ4v) is 9.73. The topological polar surface area (TPSA) is 227 Å². The molecule has 0 unspecified atom stereocenters. The highest BCUT2D eigenvalue weighted by Crippen LogP contribution is 2.38. The van der Waals surface area contributed by atoms with E-state index in [0.717, 1.165) is 50.1 Å². The summed E-state index contributed by atoms with van der Waals surface area (Å²) in [6, 6.07) is 41.2. The molecule has 0 saturated carbocycles. The van der Waals surface area contributed by atoms with Crippen LogP contribution in [0.5, 0.6) is 23.0 Å². The minimum Gasteiger partial charge on any atom is -0.488 e. The van der Waals surface area contributed by atoms with E-state index < -0.39 is 36.2 Å². The summed E-state index contributed by atoms with van der Waals surface area (Å²) in [7, 11) is 0. The zero-order chi connectivity index (χ0) is 59.5. The van der Waals surface area contributed by atoms with Gasteiger partial charge in [-0.2, -0.15) is 5.26 Å². The number of hydrogen-bond donors (Lipinski definition) is 5. The van der Waals surface area contributed by atoms with Crippen LogP contribution in [0.2, 0.25) is 10.0 Å². The molecule has 432 valence electrons. The van der Waals surface area contributed by atoms with Crippen molar-refractivity contribution in [2.24, 2.45) is 0 Å². The highest BCUT2D eigenvalue weighted by molar-refractivity contribution is 6.32. The number of carboxylic acid groups (broad SMARTS) is 2. The molecule has 16 nitrogen and oxygen atoms in total. The Morgan fingerprint density at radius 2 is 0.988 bits per heavy atom. The molecular formula is C66H64Cl2N6O10. The van der Waals surface area contributed by atoms with Gasteiger partial charge in [0.1, 0.15) is 67.6 Å². The predicted molar refractivity (Wildman–Crippen MR) is 321 cm³/mol. The van der Waals surface area contributed by atoms with Gasteiger partial charge in [0, 0.05) is 84.0 Å². The van der Waals surface area contributed by atoms with Gasteiger partial charge in [0.15, 0.2) is 0 Å². The Hall–Kier alpha value is -8.66. The number of aliphatic carboxylic acids is 2. The maximum Gasteiger partial charge on any atom is 0.323 e. The lowest BCUT2D eigenvalue weighted by molar-refractivity contribution is -0.145. The summed E-state index contributed by atoms with van der Waals surface area (Å²) in [6.07, 6.45) is 6.11. The Balaban J connectivity index is 0.980. The van der Waals surface area contributed by atoms with E-state index in [2.05, 4.69) is 26.7 Å². The van der Waals surface area contributed by atoms with Crippen LogP contribution >= 0.6 is 23.2 Å². The van der Waals surface area contributed by atoms with Crippen molar-refractivity contribution in [2.75, 3.05) is 0 Å². The molecule has 0 aliphatic heterocycles. The third-order valence-electron chi connectivity index (χ3n) is 14.1. The molecule has 0 radical (unpaired) electrons. The van der Waals surface area contributed by atoms with E-state index in [0.29, 0.717) is 55.8 Å². The Labute approximate surface area is 498 Å². The molecule has 84 heavy (non-hydrogen) atoms. The molecule has 0 amide bonds. The van der Waals surface area contributed by atoms with Crippen LogP contribution < -0.4 is 29.6 Å². The zero-order valence-corrected chi connectivity index (χ0v) is 48.3.